The second kappa shape index (κ2) is 5.50. The molecule has 4 heteroatoms. The van der Waals surface area contributed by atoms with Crippen LogP contribution in [0.5, 0.6) is 0 Å². The van der Waals surface area contributed by atoms with Crippen molar-refractivity contribution in [3.8, 4) is 0 Å². The number of hydrogen-bond donors (Lipinski definition) is 2. The van der Waals surface area contributed by atoms with Crippen LogP contribution >= 0.6 is 0 Å². The number of rotatable bonds is 4. The van der Waals surface area contributed by atoms with Crippen LogP contribution in [0.1, 0.15) is 18.1 Å². The number of carboxylic acid groups (broad SMARTS) is 1. The topological polar surface area (TPSA) is 60.8 Å². The minimum absolute atomic E-state index is 0.0878. The molecule has 2 N–H and O–H groups in total. The molecule has 0 aromatic heterocycles. The molecule has 0 aliphatic carbocycles. The molecule has 2 rings (SSSR count). The van der Waals surface area contributed by atoms with Crippen molar-refractivity contribution in [1.29, 1.82) is 0 Å². The summed E-state index contributed by atoms with van der Waals surface area (Å²) in [7, 11) is 0. The molecule has 1 aliphatic heterocycles. The number of aliphatic hydroxyl groups excluding tert-OH is 1. The van der Waals surface area contributed by atoms with Crippen molar-refractivity contribution in [2.24, 2.45) is 5.92 Å². The van der Waals surface area contributed by atoms with Gasteiger partial charge in [0.05, 0.1) is 0 Å². The normalized spacial score (nSPS) is 21.3. The van der Waals surface area contributed by atoms with Gasteiger partial charge in [-0.1, -0.05) is 31.2 Å². The monoisotopic (exact) mass is 249 g/mol. The predicted octanol–water partition coefficient (Wildman–Crippen LogP) is 1.13. The molecule has 1 aliphatic rings. The van der Waals surface area contributed by atoms with Crippen LogP contribution in [0.3, 0.4) is 0 Å². The molecule has 0 radical (unpaired) electrons. The molecule has 4 nitrogen and oxygen atoms in total. The van der Waals surface area contributed by atoms with Gasteiger partial charge >= 0.3 is 5.97 Å². The molecule has 0 bridgehead atoms. The Balaban J connectivity index is 2.20. The summed E-state index contributed by atoms with van der Waals surface area (Å²) in [5.41, 5.74) is 2.32. The molecular weight excluding hydrogens is 230 g/mol. The third kappa shape index (κ3) is 2.71. The second-order valence-corrected chi connectivity index (χ2v) is 5.04. The highest BCUT2D eigenvalue weighted by atomic mass is 16.4. The third-order valence-corrected chi connectivity index (χ3v) is 3.49. The standard InChI is InChI=1S/C14H19NO3/c1-10(9-16)7-15-8-12-5-3-2-4-11(12)6-13(15)14(17)18/h2-5,10,13,16H,6-9H2,1H3,(H,17,18). The Kier molecular flexibility index (Phi) is 3.99. The van der Waals surface area contributed by atoms with Crippen LogP contribution in [0.2, 0.25) is 0 Å². The Bertz CT molecular complexity index is 433. The first kappa shape index (κ1) is 13.1. The van der Waals surface area contributed by atoms with Gasteiger partial charge in [-0.3, -0.25) is 9.69 Å². The molecule has 18 heavy (non-hydrogen) atoms. The molecule has 2 atom stereocenters. The van der Waals surface area contributed by atoms with Crippen molar-refractivity contribution in [2.45, 2.75) is 25.9 Å². The molecule has 1 aromatic carbocycles. The van der Waals surface area contributed by atoms with E-state index in [4.69, 9.17) is 5.11 Å². The fourth-order valence-corrected chi connectivity index (χ4v) is 2.47. The Morgan fingerprint density at radius 2 is 2.11 bits per heavy atom. The van der Waals surface area contributed by atoms with Crippen molar-refractivity contribution in [1.82, 2.24) is 4.90 Å². The maximum absolute atomic E-state index is 11.3. The summed E-state index contributed by atoms with van der Waals surface area (Å²) in [6, 6.07) is 7.49. The quantitative estimate of drug-likeness (QED) is 0.839. The predicted molar refractivity (Wildman–Crippen MR) is 68.2 cm³/mol. The zero-order chi connectivity index (χ0) is 13.1. The van der Waals surface area contributed by atoms with Gasteiger partial charge < -0.3 is 10.2 Å². The summed E-state index contributed by atoms with van der Waals surface area (Å²) in [6.45, 7) is 3.28. The molecule has 98 valence electrons. The number of hydrogen-bond acceptors (Lipinski definition) is 3. The van der Waals surface area contributed by atoms with E-state index in [1.165, 1.54) is 5.56 Å². The lowest BCUT2D eigenvalue weighted by atomic mass is 9.93. The minimum Gasteiger partial charge on any atom is -0.480 e. The van der Waals surface area contributed by atoms with Gasteiger partial charge in [0.25, 0.3) is 0 Å². The van der Waals surface area contributed by atoms with Crippen LogP contribution in [0.4, 0.5) is 0 Å². The van der Waals surface area contributed by atoms with E-state index in [-0.39, 0.29) is 12.5 Å². The van der Waals surface area contributed by atoms with E-state index in [9.17, 15) is 9.90 Å². The smallest absolute Gasteiger partial charge is 0.321 e. The molecule has 0 spiro atoms. The van der Waals surface area contributed by atoms with Gasteiger partial charge in [-0.25, -0.2) is 0 Å². The summed E-state index contributed by atoms with van der Waals surface area (Å²) in [4.78, 5) is 13.3. The summed E-state index contributed by atoms with van der Waals surface area (Å²) < 4.78 is 0. The summed E-state index contributed by atoms with van der Waals surface area (Å²) >= 11 is 0. The molecule has 1 aromatic rings. The van der Waals surface area contributed by atoms with Crippen LogP contribution < -0.4 is 0 Å². The zero-order valence-corrected chi connectivity index (χ0v) is 10.5. The van der Waals surface area contributed by atoms with Gasteiger partial charge in [0.1, 0.15) is 6.04 Å². The van der Waals surface area contributed by atoms with Crippen molar-refractivity contribution < 1.29 is 15.0 Å². The second-order valence-electron chi connectivity index (χ2n) is 5.04. The molecule has 0 saturated carbocycles. The van der Waals surface area contributed by atoms with Crippen LogP contribution in [-0.2, 0) is 17.8 Å². The van der Waals surface area contributed by atoms with Crippen molar-refractivity contribution in [3.63, 3.8) is 0 Å². The number of benzene rings is 1. The van der Waals surface area contributed by atoms with Gasteiger partial charge in [0.15, 0.2) is 0 Å². The fourth-order valence-electron chi connectivity index (χ4n) is 2.47. The third-order valence-electron chi connectivity index (χ3n) is 3.49. The fraction of sp³-hybridized carbons (Fsp3) is 0.500. The molecular formula is C14H19NO3. The van der Waals surface area contributed by atoms with E-state index in [1.54, 1.807) is 0 Å². The van der Waals surface area contributed by atoms with E-state index in [1.807, 2.05) is 36.1 Å². The Labute approximate surface area is 107 Å². The number of nitrogens with zero attached hydrogens (tertiary/aromatic N) is 1. The van der Waals surface area contributed by atoms with E-state index in [2.05, 4.69) is 0 Å². The number of carbonyl (C=O) groups is 1. The van der Waals surface area contributed by atoms with Crippen molar-refractivity contribution in [2.75, 3.05) is 13.2 Å². The van der Waals surface area contributed by atoms with E-state index in [0.717, 1.165) is 5.56 Å². The zero-order valence-electron chi connectivity index (χ0n) is 10.5. The summed E-state index contributed by atoms with van der Waals surface area (Å²) in [6.07, 6.45) is 0.545. The SMILES string of the molecule is CC(CO)CN1Cc2ccccc2CC1C(=O)O. The summed E-state index contributed by atoms with van der Waals surface area (Å²) in [5, 5.41) is 18.4. The lowest BCUT2D eigenvalue weighted by Gasteiger charge is -2.35. The van der Waals surface area contributed by atoms with Gasteiger partial charge in [-0.2, -0.15) is 0 Å². The average molecular weight is 249 g/mol. The molecule has 0 saturated heterocycles. The van der Waals surface area contributed by atoms with Gasteiger partial charge in [0, 0.05) is 19.7 Å². The van der Waals surface area contributed by atoms with E-state index in [0.29, 0.717) is 19.5 Å². The van der Waals surface area contributed by atoms with Crippen LogP contribution in [-0.4, -0.2) is 40.3 Å². The molecule has 2 unspecified atom stereocenters. The Morgan fingerprint density at radius 1 is 1.44 bits per heavy atom. The average Bonchev–Trinajstić information content (AvgIpc) is 2.37. The van der Waals surface area contributed by atoms with Gasteiger partial charge in [0.2, 0.25) is 0 Å². The molecule has 0 amide bonds. The summed E-state index contributed by atoms with van der Waals surface area (Å²) in [5.74, 6) is -0.688. The Hall–Kier alpha value is -1.39. The largest absolute Gasteiger partial charge is 0.480 e. The maximum atomic E-state index is 11.3. The molecule has 1 heterocycles. The first-order valence-corrected chi connectivity index (χ1v) is 6.26. The van der Waals surface area contributed by atoms with Crippen LogP contribution in [0, 0.1) is 5.92 Å². The number of fused-ring (bicyclic) bond motifs is 1. The van der Waals surface area contributed by atoms with Crippen LogP contribution in [0.15, 0.2) is 24.3 Å². The van der Waals surface area contributed by atoms with E-state index < -0.39 is 12.0 Å². The number of carboxylic acids is 1. The van der Waals surface area contributed by atoms with Crippen LogP contribution in [0.25, 0.3) is 0 Å². The highest BCUT2D eigenvalue weighted by Crippen LogP contribution is 2.24. The lowest BCUT2D eigenvalue weighted by Crippen LogP contribution is -2.47. The minimum atomic E-state index is -0.783. The number of aliphatic carboxylic acids is 1. The van der Waals surface area contributed by atoms with Gasteiger partial charge in [-0.15, -0.1) is 0 Å². The van der Waals surface area contributed by atoms with E-state index >= 15 is 0 Å². The lowest BCUT2D eigenvalue weighted by molar-refractivity contribution is -0.144. The first-order valence-electron chi connectivity index (χ1n) is 6.26. The first-order chi connectivity index (χ1) is 8.61. The molecule has 0 fully saturated rings. The highest BCUT2D eigenvalue weighted by Gasteiger charge is 2.31. The van der Waals surface area contributed by atoms with Gasteiger partial charge in [-0.05, 0) is 23.5 Å². The Morgan fingerprint density at radius 3 is 2.72 bits per heavy atom. The van der Waals surface area contributed by atoms with Crippen molar-refractivity contribution in [3.05, 3.63) is 35.4 Å². The highest BCUT2D eigenvalue weighted by molar-refractivity contribution is 5.74. The maximum Gasteiger partial charge on any atom is 0.321 e. The van der Waals surface area contributed by atoms with Crippen molar-refractivity contribution >= 4 is 5.97 Å². The number of aliphatic hydroxyl groups is 1.